The normalized spacial score (nSPS) is 10.5. The SMILES string of the molecule is CCc1ccc(C(=O)c2csc(C)n2)s1. The van der Waals surface area contributed by atoms with E-state index in [1.54, 1.807) is 11.3 Å². The van der Waals surface area contributed by atoms with E-state index < -0.39 is 0 Å². The molecule has 2 heterocycles. The maximum atomic E-state index is 11.9. The number of ketones is 1. The van der Waals surface area contributed by atoms with Crippen molar-refractivity contribution in [3.05, 3.63) is 38.0 Å². The summed E-state index contributed by atoms with van der Waals surface area (Å²) in [5, 5.41) is 2.76. The first-order valence-electron chi connectivity index (χ1n) is 4.76. The third-order valence-electron chi connectivity index (χ3n) is 2.09. The number of thiophene rings is 1. The molecule has 0 aromatic carbocycles. The van der Waals surface area contributed by atoms with Crippen LogP contribution in [0.5, 0.6) is 0 Å². The van der Waals surface area contributed by atoms with Crippen LogP contribution in [0, 0.1) is 6.92 Å². The van der Waals surface area contributed by atoms with E-state index in [0.717, 1.165) is 16.3 Å². The summed E-state index contributed by atoms with van der Waals surface area (Å²) in [5.74, 6) is 0.0454. The Morgan fingerprint density at radius 2 is 2.27 bits per heavy atom. The second-order valence-electron chi connectivity index (χ2n) is 3.20. The van der Waals surface area contributed by atoms with Crippen molar-refractivity contribution in [1.82, 2.24) is 4.98 Å². The third-order valence-corrected chi connectivity index (χ3v) is 4.09. The molecular weight excluding hydrogens is 226 g/mol. The fourth-order valence-electron chi connectivity index (χ4n) is 1.28. The summed E-state index contributed by atoms with van der Waals surface area (Å²) >= 11 is 3.07. The van der Waals surface area contributed by atoms with Gasteiger partial charge in [0, 0.05) is 10.3 Å². The van der Waals surface area contributed by atoms with Crippen LogP contribution in [0.4, 0.5) is 0 Å². The maximum Gasteiger partial charge on any atom is 0.222 e. The Morgan fingerprint density at radius 1 is 1.47 bits per heavy atom. The van der Waals surface area contributed by atoms with Gasteiger partial charge in [-0.25, -0.2) is 4.98 Å². The molecule has 0 saturated heterocycles. The Hall–Kier alpha value is -1.00. The maximum absolute atomic E-state index is 11.9. The number of thiazole rings is 1. The van der Waals surface area contributed by atoms with Gasteiger partial charge in [-0.15, -0.1) is 22.7 Å². The van der Waals surface area contributed by atoms with Gasteiger partial charge in [-0.05, 0) is 25.5 Å². The van der Waals surface area contributed by atoms with E-state index >= 15 is 0 Å². The Morgan fingerprint density at radius 3 is 2.80 bits per heavy atom. The van der Waals surface area contributed by atoms with Gasteiger partial charge < -0.3 is 0 Å². The standard InChI is InChI=1S/C11H11NOS2/c1-3-8-4-5-10(15-8)11(13)9-6-14-7(2)12-9/h4-6H,3H2,1-2H3. The zero-order valence-electron chi connectivity index (χ0n) is 8.61. The summed E-state index contributed by atoms with van der Waals surface area (Å²) in [4.78, 5) is 18.2. The smallest absolute Gasteiger partial charge is 0.222 e. The van der Waals surface area contributed by atoms with Crippen molar-refractivity contribution < 1.29 is 4.79 Å². The lowest BCUT2D eigenvalue weighted by molar-refractivity contribution is 0.103. The highest BCUT2D eigenvalue weighted by atomic mass is 32.1. The summed E-state index contributed by atoms with van der Waals surface area (Å²) in [6, 6.07) is 3.90. The predicted molar refractivity (Wildman–Crippen MR) is 64.0 cm³/mol. The molecule has 0 bridgehead atoms. The largest absolute Gasteiger partial charge is 0.286 e. The zero-order valence-corrected chi connectivity index (χ0v) is 10.2. The number of carbonyl (C=O) groups excluding carboxylic acids is 1. The number of hydrogen-bond acceptors (Lipinski definition) is 4. The molecule has 2 rings (SSSR count). The molecule has 0 atom stereocenters. The van der Waals surface area contributed by atoms with E-state index in [1.807, 2.05) is 24.4 Å². The van der Waals surface area contributed by atoms with Crippen LogP contribution >= 0.6 is 22.7 Å². The van der Waals surface area contributed by atoms with Crippen molar-refractivity contribution in [2.75, 3.05) is 0 Å². The van der Waals surface area contributed by atoms with Gasteiger partial charge in [0.25, 0.3) is 0 Å². The minimum atomic E-state index is 0.0454. The van der Waals surface area contributed by atoms with Crippen LogP contribution in [0.15, 0.2) is 17.5 Å². The summed E-state index contributed by atoms with van der Waals surface area (Å²) in [5.41, 5.74) is 0.571. The van der Waals surface area contributed by atoms with Gasteiger partial charge in [0.05, 0.1) is 9.88 Å². The van der Waals surface area contributed by atoms with Crippen molar-refractivity contribution in [3.63, 3.8) is 0 Å². The molecule has 0 aliphatic rings. The van der Waals surface area contributed by atoms with E-state index in [9.17, 15) is 4.79 Å². The zero-order chi connectivity index (χ0) is 10.8. The van der Waals surface area contributed by atoms with Crippen molar-refractivity contribution in [1.29, 1.82) is 0 Å². The molecule has 2 aromatic rings. The lowest BCUT2D eigenvalue weighted by atomic mass is 10.2. The highest BCUT2D eigenvalue weighted by Crippen LogP contribution is 2.21. The van der Waals surface area contributed by atoms with Crippen LogP contribution in [-0.2, 0) is 6.42 Å². The van der Waals surface area contributed by atoms with Crippen LogP contribution in [0.2, 0.25) is 0 Å². The van der Waals surface area contributed by atoms with Crippen LogP contribution < -0.4 is 0 Å². The van der Waals surface area contributed by atoms with E-state index in [0.29, 0.717) is 5.69 Å². The van der Waals surface area contributed by atoms with E-state index in [4.69, 9.17) is 0 Å². The Labute approximate surface area is 96.6 Å². The van der Waals surface area contributed by atoms with Gasteiger partial charge in [-0.1, -0.05) is 6.92 Å². The average Bonchev–Trinajstić information content (AvgIpc) is 2.84. The molecule has 0 aliphatic heterocycles. The van der Waals surface area contributed by atoms with Crippen molar-refractivity contribution >= 4 is 28.5 Å². The minimum absolute atomic E-state index is 0.0454. The second kappa shape index (κ2) is 4.24. The second-order valence-corrected chi connectivity index (χ2v) is 5.43. The minimum Gasteiger partial charge on any atom is -0.286 e. The third kappa shape index (κ3) is 2.16. The summed E-state index contributed by atoms with van der Waals surface area (Å²) < 4.78 is 0. The Bertz CT molecular complexity index is 484. The predicted octanol–water partition coefficient (Wildman–Crippen LogP) is 3.31. The highest BCUT2D eigenvalue weighted by Gasteiger charge is 2.13. The molecule has 2 nitrogen and oxygen atoms in total. The van der Waals surface area contributed by atoms with Crippen LogP contribution in [0.3, 0.4) is 0 Å². The van der Waals surface area contributed by atoms with Gasteiger partial charge in [-0.3, -0.25) is 4.79 Å². The van der Waals surface area contributed by atoms with Crippen LogP contribution in [0.1, 0.15) is 32.2 Å². The van der Waals surface area contributed by atoms with Gasteiger partial charge in [0.1, 0.15) is 5.69 Å². The molecule has 78 valence electrons. The Balaban J connectivity index is 2.28. The summed E-state index contributed by atoms with van der Waals surface area (Å²) in [7, 11) is 0. The Kier molecular flexibility index (Phi) is 2.98. The van der Waals surface area contributed by atoms with E-state index in [2.05, 4.69) is 11.9 Å². The molecule has 4 heteroatoms. The molecule has 0 unspecified atom stereocenters. The molecule has 0 N–H and O–H groups in total. The molecule has 0 aliphatic carbocycles. The number of aryl methyl sites for hydroxylation is 2. The van der Waals surface area contributed by atoms with E-state index in [-0.39, 0.29) is 5.78 Å². The number of nitrogens with zero attached hydrogens (tertiary/aromatic N) is 1. The number of rotatable bonds is 3. The van der Waals surface area contributed by atoms with Crippen LogP contribution in [0.25, 0.3) is 0 Å². The molecule has 0 saturated carbocycles. The lowest BCUT2D eigenvalue weighted by Crippen LogP contribution is -1.98. The van der Waals surface area contributed by atoms with Gasteiger partial charge in [0.15, 0.2) is 0 Å². The van der Waals surface area contributed by atoms with E-state index in [1.165, 1.54) is 16.2 Å². The average molecular weight is 237 g/mol. The number of carbonyl (C=O) groups is 1. The number of hydrogen-bond donors (Lipinski definition) is 0. The first kappa shape index (κ1) is 10.5. The van der Waals surface area contributed by atoms with Crippen molar-refractivity contribution in [2.24, 2.45) is 0 Å². The van der Waals surface area contributed by atoms with Gasteiger partial charge in [0.2, 0.25) is 5.78 Å². The lowest BCUT2D eigenvalue weighted by Gasteiger charge is -1.91. The molecule has 0 fully saturated rings. The molecule has 0 spiro atoms. The van der Waals surface area contributed by atoms with Gasteiger partial charge in [-0.2, -0.15) is 0 Å². The monoisotopic (exact) mass is 237 g/mol. The molecule has 0 radical (unpaired) electrons. The quantitative estimate of drug-likeness (QED) is 0.767. The van der Waals surface area contributed by atoms with Gasteiger partial charge >= 0.3 is 0 Å². The van der Waals surface area contributed by atoms with Crippen LogP contribution in [-0.4, -0.2) is 10.8 Å². The van der Waals surface area contributed by atoms with Crippen molar-refractivity contribution in [2.45, 2.75) is 20.3 Å². The number of aromatic nitrogens is 1. The molecule has 15 heavy (non-hydrogen) atoms. The molecular formula is C11H11NOS2. The topological polar surface area (TPSA) is 30.0 Å². The first-order valence-corrected chi connectivity index (χ1v) is 6.46. The molecule has 2 aromatic heterocycles. The fourth-order valence-corrected chi connectivity index (χ4v) is 2.77. The fraction of sp³-hybridized carbons (Fsp3) is 0.273. The highest BCUT2D eigenvalue weighted by molar-refractivity contribution is 7.14. The molecule has 0 amide bonds. The summed E-state index contributed by atoms with van der Waals surface area (Å²) in [6.07, 6.45) is 0.980. The summed E-state index contributed by atoms with van der Waals surface area (Å²) in [6.45, 7) is 4.00. The van der Waals surface area contributed by atoms with Crippen molar-refractivity contribution in [3.8, 4) is 0 Å². The first-order chi connectivity index (χ1) is 7.20.